The lowest BCUT2D eigenvalue weighted by atomic mass is 9.85. The van der Waals surface area contributed by atoms with Gasteiger partial charge in [-0.2, -0.15) is 0 Å². The topological polar surface area (TPSA) is 345 Å². The number of allylic oxidation sites excluding steroid dienone is 8. The highest BCUT2D eigenvalue weighted by Crippen LogP contribution is 2.31. The molecule has 4 aliphatic rings. The van der Waals surface area contributed by atoms with E-state index >= 15 is 0 Å². The molecule has 0 aromatic carbocycles. The highest BCUT2D eigenvalue weighted by Gasteiger charge is 2.36. The van der Waals surface area contributed by atoms with E-state index in [1.807, 2.05) is 13.8 Å². The van der Waals surface area contributed by atoms with Crippen LogP contribution in [0, 0.1) is 23.7 Å². The molecule has 4 bridgehead atoms. The van der Waals surface area contributed by atoms with E-state index in [0.29, 0.717) is 37.1 Å². The van der Waals surface area contributed by atoms with Crippen molar-refractivity contribution in [1.82, 2.24) is 26.6 Å². The largest absolute Gasteiger partial charge is 0.439 e. The zero-order chi connectivity index (χ0) is 63.2. The molecule has 12 atom stereocenters. The number of primary amides is 2. The van der Waals surface area contributed by atoms with Gasteiger partial charge in [-0.3, -0.25) is 28.8 Å². The Morgan fingerprint density at radius 2 is 0.941 bits per heavy atom. The van der Waals surface area contributed by atoms with E-state index < -0.39 is 108 Å². The first-order valence-corrected chi connectivity index (χ1v) is 28.6. The Morgan fingerprint density at radius 3 is 1.27 bits per heavy atom. The summed E-state index contributed by atoms with van der Waals surface area (Å²) >= 11 is 0. The minimum atomic E-state index is -1.05. The maximum atomic E-state index is 14.2. The lowest BCUT2D eigenvalue weighted by Gasteiger charge is -2.30. The van der Waals surface area contributed by atoms with Crippen LogP contribution in [0.2, 0.25) is 0 Å². The van der Waals surface area contributed by atoms with Gasteiger partial charge in [0.25, 0.3) is 11.8 Å². The van der Waals surface area contributed by atoms with Gasteiger partial charge in [-0.15, -0.1) is 0 Å². The summed E-state index contributed by atoms with van der Waals surface area (Å²) in [6.45, 7) is 15.3. The number of hydrogen-bond acceptors (Lipinski definition) is 19. The van der Waals surface area contributed by atoms with Crippen molar-refractivity contribution in [2.24, 2.45) is 35.1 Å². The van der Waals surface area contributed by atoms with Crippen LogP contribution >= 0.6 is 0 Å². The van der Waals surface area contributed by atoms with Gasteiger partial charge >= 0.3 is 12.2 Å². The summed E-state index contributed by atoms with van der Waals surface area (Å²) in [4.78, 5) is 107. The molecule has 23 heteroatoms. The molecule has 0 saturated carbocycles. The number of rotatable bonds is 16. The fourth-order valence-corrected chi connectivity index (χ4v) is 10.5. The smallest absolute Gasteiger partial charge is 0.405 e. The van der Waals surface area contributed by atoms with Gasteiger partial charge < -0.3 is 76.7 Å². The summed E-state index contributed by atoms with van der Waals surface area (Å²) in [5, 5.41) is 38.0. The number of aliphatic hydroxyl groups excluding tert-OH is 2. The number of ether oxygens (including phenoxy) is 6. The van der Waals surface area contributed by atoms with E-state index in [4.69, 9.17) is 39.9 Å². The van der Waals surface area contributed by atoms with E-state index in [1.165, 1.54) is 66.6 Å². The van der Waals surface area contributed by atoms with Crippen LogP contribution in [-0.4, -0.2) is 161 Å². The van der Waals surface area contributed by atoms with E-state index in [1.54, 1.807) is 52.0 Å². The number of aliphatic hydroxyl groups is 2. The molecule has 0 fully saturated rings. The third kappa shape index (κ3) is 20.5. The third-order valence-electron chi connectivity index (χ3n) is 15.3. The Hall–Kier alpha value is -7.12. The summed E-state index contributed by atoms with van der Waals surface area (Å²) in [6.07, 6.45) is 7.30. The second kappa shape index (κ2) is 34.1. The molecule has 2 aliphatic heterocycles. The summed E-state index contributed by atoms with van der Waals surface area (Å²) in [5.41, 5.74) is 12.4. The first-order chi connectivity index (χ1) is 40.3. The minimum Gasteiger partial charge on any atom is -0.439 e. The molecule has 2 aliphatic carbocycles. The van der Waals surface area contributed by atoms with E-state index in [2.05, 4.69) is 26.6 Å². The Kier molecular flexibility index (Phi) is 28.3. The minimum absolute atomic E-state index is 0.0940. The number of fused-ring (bicyclic) bond motifs is 4. The molecule has 85 heavy (non-hydrogen) atoms. The van der Waals surface area contributed by atoms with Gasteiger partial charge in [0.05, 0.1) is 47.2 Å². The monoisotopic (exact) mass is 1190 g/mol. The van der Waals surface area contributed by atoms with Crippen molar-refractivity contribution < 1.29 is 77.0 Å². The third-order valence-corrected chi connectivity index (χ3v) is 15.3. The second-order valence-electron chi connectivity index (χ2n) is 22.2. The SMILES string of the molecule is COC1/C=C\C=C(/C)C(=O)NC2=CC(=O)C(NCCCNCCCNC3=C4CC(C)CC(OC)C(O)C(C)/C=C(\C)C(OC(N)=O)C(OC)/C=C\C=C(/C)C(=O)NC(=CC3=O)C4=O)=C(CC(C)CC(OC)C(O)C(C)/C=C(\C)C1OC(N)=O)C2=O. The summed E-state index contributed by atoms with van der Waals surface area (Å²) in [6, 6.07) is 0. The number of hydrogen-bond donors (Lipinski definition) is 9. The number of Topliss-reactive ketones (excluding diaryl/α,β-unsaturated/α-hetero) is 2. The van der Waals surface area contributed by atoms with Gasteiger partial charge in [0.15, 0.2) is 12.2 Å². The molecular weight excluding hydrogens is 1100 g/mol. The molecule has 0 radical (unpaired) electrons. The van der Waals surface area contributed by atoms with Crippen LogP contribution in [0.15, 0.2) is 117 Å². The Labute approximate surface area is 498 Å². The van der Waals surface area contributed by atoms with Crippen molar-refractivity contribution in [2.45, 2.75) is 143 Å². The molecular formula is C62H89N7O16. The van der Waals surface area contributed by atoms with Gasteiger partial charge in [-0.05, 0) is 102 Å². The number of carbonyl (C=O) groups excluding carboxylic acids is 8. The molecule has 2 heterocycles. The van der Waals surface area contributed by atoms with Crippen molar-refractivity contribution in [3.05, 3.63) is 117 Å². The molecule has 0 aromatic heterocycles. The van der Waals surface area contributed by atoms with E-state index in [0.717, 1.165) is 12.2 Å². The fraction of sp³-hybridized carbons (Fsp3) is 0.548. The standard InChI is InChI=1S/C62H89N7O16/c1-33-25-41-51(45(70)31-43(55(41)74)68-59(76)35(3)17-13-19-47(80-9)57(84-61(63)78)39(7)29-37(5)53(72)49(27-33)82-11)66-23-15-21-65-22-16-24-67-52-42-26-34(2)28-50(83-12)54(73)38(6)30-40(8)58(85-62(64)79)48(81-10)20-14-18-36(4)60(77)69-44(56(42)75)32-46(52)71/h13-14,17-20,29-34,37-38,47-50,53-54,57-58,65-67,72-73H,15-16,21-28H2,1-12H3,(H2,63,78)(H2,64,79)(H,68,76)(H,69,77)/b19-13-,20-14-,35-17+,36-18+,39-29+,40-30+. The predicted molar refractivity (Wildman–Crippen MR) is 317 cm³/mol. The van der Waals surface area contributed by atoms with Crippen LogP contribution in [0.4, 0.5) is 9.59 Å². The van der Waals surface area contributed by atoms with Gasteiger partial charge in [-0.25, -0.2) is 9.59 Å². The molecule has 23 nitrogen and oxygen atoms in total. The maximum Gasteiger partial charge on any atom is 0.405 e. The molecule has 0 saturated heterocycles. The molecule has 4 amide bonds. The van der Waals surface area contributed by atoms with Crippen molar-refractivity contribution >= 4 is 47.1 Å². The molecule has 4 rings (SSSR count). The van der Waals surface area contributed by atoms with Crippen LogP contribution in [0.1, 0.15) is 93.9 Å². The zero-order valence-electron chi connectivity index (χ0n) is 51.0. The molecule has 12 unspecified atom stereocenters. The van der Waals surface area contributed by atoms with Crippen LogP contribution < -0.4 is 38.1 Å². The van der Waals surface area contributed by atoms with E-state index in [-0.39, 0.29) is 95.7 Å². The first-order valence-electron chi connectivity index (χ1n) is 28.6. The summed E-state index contributed by atoms with van der Waals surface area (Å²) in [7, 11) is 5.76. The van der Waals surface area contributed by atoms with Crippen LogP contribution in [0.25, 0.3) is 0 Å². The first kappa shape index (κ1) is 70.4. The normalized spacial score (nSPS) is 31.7. The van der Waals surface area contributed by atoms with Gasteiger partial charge in [0, 0.05) is 87.8 Å². The number of methoxy groups -OCH3 is 4. The number of amides is 4. The number of carbonyl (C=O) groups is 8. The highest BCUT2D eigenvalue weighted by molar-refractivity contribution is 6.24. The van der Waals surface area contributed by atoms with Crippen molar-refractivity contribution in [1.29, 1.82) is 0 Å². The van der Waals surface area contributed by atoms with Crippen molar-refractivity contribution in [2.75, 3.05) is 54.6 Å². The summed E-state index contributed by atoms with van der Waals surface area (Å²) < 4.78 is 33.7. The van der Waals surface area contributed by atoms with Crippen LogP contribution in [0.3, 0.4) is 0 Å². The molecule has 0 spiro atoms. The predicted octanol–water partition coefficient (Wildman–Crippen LogP) is 4.09. The van der Waals surface area contributed by atoms with Gasteiger partial charge in [-0.1, -0.05) is 76.3 Å². The van der Waals surface area contributed by atoms with Crippen LogP contribution in [-0.2, 0) is 57.2 Å². The Morgan fingerprint density at radius 1 is 0.576 bits per heavy atom. The van der Waals surface area contributed by atoms with Gasteiger partial charge in [0.2, 0.25) is 23.1 Å². The van der Waals surface area contributed by atoms with Gasteiger partial charge in [0.1, 0.15) is 12.2 Å². The fourth-order valence-electron chi connectivity index (χ4n) is 10.5. The molecule has 0 aromatic rings. The number of nitrogens with two attached hydrogens (primary N) is 2. The number of nitrogens with one attached hydrogen (secondary N) is 5. The Bertz CT molecular complexity index is 2600. The zero-order valence-corrected chi connectivity index (χ0v) is 51.0. The van der Waals surface area contributed by atoms with E-state index in [9.17, 15) is 48.6 Å². The number of ketones is 4. The second-order valence-corrected chi connectivity index (χ2v) is 22.2. The lowest BCUT2D eigenvalue weighted by Crippen LogP contribution is -2.38. The maximum absolute atomic E-state index is 14.2. The van der Waals surface area contributed by atoms with Crippen molar-refractivity contribution in [3.8, 4) is 0 Å². The quantitative estimate of drug-likeness (QED) is 0.0597. The van der Waals surface area contributed by atoms with Crippen molar-refractivity contribution in [3.63, 3.8) is 0 Å². The average molecular weight is 1190 g/mol. The Balaban J connectivity index is 1.48. The van der Waals surface area contributed by atoms with Crippen LogP contribution in [0.5, 0.6) is 0 Å². The highest BCUT2D eigenvalue weighted by atomic mass is 16.6. The molecule has 468 valence electrons. The summed E-state index contributed by atoms with van der Waals surface area (Å²) in [5.74, 6) is -5.06. The molecule has 11 N–H and O–H groups in total. The lowest BCUT2D eigenvalue weighted by molar-refractivity contribution is -0.120. The average Bonchev–Trinajstić information content (AvgIpc) is 3.61.